The maximum absolute atomic E-state index is 13.6. The van der Waals surface area contributed by atoms with Gasteiger partial charge in [-0.2, -0.15) is 0 Å². The van der Waals surface area contributed by atoms with Crippen molar-refractivity contribution in [3.8, 4) is 5.75 Å². The van der Waals surface area contributed by atoms with Crippen LogP contribution >= 0.6 is 0 Å². The second-order valence-electron chi connectivity index (χ2n) is 9.38. The third-order valence-electron chi connectivity index (χ3n) is 6.46. The number of rotatable bonds is 6. The van der Waals surface area contributed by atoms with Crippen molar-refractivity contribution in [1.29, 1.82) is 0 Å². The van der Waals surface area contributed by atoms with Crippen LogP contribution in [0.25, 0.3) is 0 Å². The van der Waals surface area contributed by atoms with Crippen molar-refractivity contribution in [2.75, 3.05) is 57.4 Å². The van der Waals surface area contributed by atoms with Crippen LogP contribution in [0.15, 0.2) is 42.5 Å². The molecule has 0 amide bonds. The number of hydrogen-bond donors (Lipinski definition) is 2. The molecule has 2 fully saturated rings. The summed E-state index contributed by atoms with van der Waals surface area (Å²) in [6.45, 7) is 4.78. The van der Waals surface area contributed by atoms with Gasteiger partial charge >= 0.3 is 0 Å². The van der Waals surface area contributed by atoms with E-state index in [2.05, 4.69) is 4.90 Å². The van der Waals surface area contributed by atoms with Gasteiger partial charge in [0.1, 0.15) is 29.6 Å². The first kappa shape index (κ1) is 23.9. The van der Waals surface area contributed by atoms with Gasteiger partial charge in [-0.05, 0) is 61.7 Å². The van der Waals surface area contributed by atoms with Crippen LogP contribution in [0.1, 0.15) is 18.4 Å². The normalized spacial score (nSPS) is 23.8. The van der Waals surface area contributed by atoms with Gasteiger partial charge < -0.3 is 24.6 Å². The average molecular weight is 463 g/mol. The molecule has 0 aromatic heterocycles. The highest BCUT2D eigenvalue weighted by atomic mass is 19.1. The van der Waals surface area contributed by atoms with Gasteiger partial charge in [-0.25, -0.2) is 8.78 Å². The van der Waals surface area contributed by atoms with Crippen LogP contribution in [0.4, 0.5) is 14.5 Å². The molecule has 1 atom stereocenters. The molecule has 2 N–H and O–H groups in total. The fraction of sp³-hybridized carbons (Fsp3) is 0.520. The third kappa shape index (κ3) is 6.20. The molecule has 2 heterocycles. The van der Waals surface area contributed by atoms with Crippen molar-refractivity contribution < 1.29 is 28.5 Å². The zero-order valence-corrected chi connectivity index (χ0v) is 19.0. The van der Waals surface area contributed by atoms with Crippen molar-refractivity contribution in [3.05, 3.63) is 59.7 Å². The van der Waals surface area contributed by atoms with Gasteiger partial charge in [-0.15, -0.1) is 0 Å². The molecule has 2 aromatic rings. The molecule has 2 aromatic carbocycles. The highest BCUT2D eigenvalue weighted by Gasteiger charge is 2.39. The molecule has 180 valence electrons. The van der Waals surface area contributed by atoms with Gasteiger partial charge in [0, 0.05) is 38.4 Å². The second-order valence-corrected chi connectivity index (χ2v) is 9.38. The first-order valence-corrected chi connectivity index (χ1v) is 11.4. The Morgan fingerprint density at radius 2 is 1.82 bits per heavy atom. The predicted molar refractivity (Wildman–Crippen MR) is 122 cm³/mol. The van der Waals surface area contributed by atoms with Crippen LogP contribution < -0.4 is 9.64 Å². The van der Waals surface area contributed by atoms with Crippen LogP contribution in [0.5, 0.6) is 5.75 Å². The number of piperidine rings is 1. The number of ether oxygens (including phenoxy) is 2. The first-order valence-electron chi connectivity index (χ1n) is 11.4. The lowest BCUT2D eigenvalue weighted by molar-refractivity contribution is -0.0742. The average Bonchev–Trinajstić information content (AvgIpc) is 2.96. The number of nitrogens with zero attached hydrogens (tertiary/aromatic N) is 2. The number of halogens is 2. The van der Waals surface area contributed by atoms with E-state index in [9.17, 15) is 19.0 Å². The summed E-state index contributed by atoms with van der Waals surface area (Å²) < 4.78 is 38.4. The summed E-state index contributed by atoms with van der Waals surface area (Å²) in [5.41, 5.74) is -0.852. The van der Waals surface area contributed by atoms with Gasteiger partial charge in [-0.3, -0.25) is 4.90 Å². The molecule has 33 heavy (non-hydrogen) atoms. The minimum atomic E-state index is -1.25. The summed E-state index contributed by atoms with van der Waals surface area (Å²) in [4.78, 5) is 4.10. The van der Waals surface area contributed by atoms with Crippen LogP contribution in [0.2, 0.25) is 0 Å². The summed E-state index contributed by atoms with van der Waals surface area (Å²) in [5, 5.41) is 22.4. The standard InChI is InChI=1S/C25H32F2N2O4/c1-19-13-22(5-6-23(19)27)33-18-25(31)16-28(11-12-32-17-25)15-24(30)7-9-29(10-8-24)21-4-2-3-20(26)14-21/h2-6,13-14,30-31H,7-12,15-18H2,1H3/t25-/m1/s1. The van der Waals surface area contributed by atoms with Gasteiger partial charge in [0.05, 0.1) is 18.8 Å². The lowest BCUT2D eigenvalue weighted by atomic mass is 9.90. The first-order chi connectivity index (χ1) is 15.7. The number of aryl methyl sites for hydroxylation is 1. The van der Waals surface area contributed by atoms with E-state index in [1.807, 2.05) is 11.0 Å². The molecule has 4 rings (SSSR count). The Morgan fingerprint density at radius 3 is 2.55 bits per heavy atom. The fourth-order valence-corrected chi connectivity index (χ4v) is 4.57. The highest BCUT2D eigenvalue weighted by Crippen LogP contribution is 2.28. The summed E-state index contributed by atoms with van der Waals surface area (Å²) >= 11 is 0. The molecule has 2 aliphatic heterocycles. The largest absolute Gasteiger partial charge is 0.490 e. The predicted octanol–water partition coefficient (Wildman–Crippen LogP) is 2.75. The van der Waals surface area contributed by atoms with E-state index in [1.165, 1.54) is 24.3 Å². The molecule has 8 heteroatoms. The Hall–Kier alpha value is -2.26. The number of β-amino-alcohol motifs (C(OH)–C–C–N with tert-alkyl or cyclic N) is 2. The van der Waals surface area contributed by atoms with Crippen LogP contribution in [-0.2, 0) is 4.74 Å². The van der Waals surface area contributed by atoms with Gasteiger partial charge in [-0.1, -0.05) is 6.07 Å². The van der Waals surface area contributed by atoms with Gasteiger partial charge in [0.2, 0.25) is 0 Å². The van der Waals surface area contributed by atoms with Crippen molar-refractivity contribution in [2.45, 2.75) is 31.0 Å². The Morgan fingerprint density at radius 1 is 1.03 bits per heavy atom. The van der Waals surface area contributed by atoms with Crippen LogP contribution in [0, 0.1) is 18.6 Å². The highest BCUT2D eigenvalue weighted by molar-refractivity contribution is 5.47. The van der Waals surface area contributed by atoms with Gasteiger partial charge in [0.15, 0.2) is 0 Å². The molecule has 0 spiro atoms. The van der Waals surface area contributed by atoms with Crippen molar-refractivity contribution in [2.24, 2.45) is 0 Å². The minimum Gasteiger partial charge on any atom is -0.490 e. The molecule has 0 bridgehead atoms. The number of aliphatic hydroxyl groups is 2. The summed E-state index contributed by atoms with van der Waals surface area (Å²) in [5.74, 6) is -0.0848. The SMILES string of the molecule is Cc1cc(OC[C@]2(O)COCCN(CC3(O)CCN(c4cccc(F)c4)CC3)C2)ccc1F. The lowest BCUT2D eigenvalue weighted by Gasteiger charge is -2.42. The molecule has 6 nitrogen and oxygen atoms in total. The Bertz CT molecular complexity index is 952. The zero-order chi connectivity index (χ0) is 23.5. The molecular weight excluding hydrogens is 430 g/mol. The molecule has 0 aliphatic carbocycles. The molecular formula is C25H32F2N2O4. The van der Waals surface area contributed by atoms with Gasteiger partial charge in [0.25, 0.3) is 0 Å². The number of anilines is 1. The minimum absolute atomic E-state index is 0.000347. The van der Waals surface area contributed by atoms with Crippen molar-refractivity contribution in [3.63, 3.8) is 0 Å². The number of benzene rings is 2. The summed E-state index contributed by atoms with van der Waals surface area (Å²) in [6, 6.07) is 11.0. The lowest BCUT2D eigenvalue weighted by Crippen LogP contribution is -2.55. The maximum atomic E-state index is 13.6. The Labute approximate surface area is 193 Å². The van der Waals surface area contributed by atoms with E-state index < -0.39 is 11.2 Å². The van der Waals surface area contributed by atoms with E-state index >= 15 is 0 Å². The Balaban J connectivity index is 1.34. The molecule has 0 unspecified atom stereocenters. The van der Waals surface area contributed by atoms with Crippen molar-refractivity contribution in [1.82, 2.24) is 4.90 Å². The summed E-state index contributed by atoms with van der Waals surface area (Å²) in [7, 11) is 0. The quantitative estimate of drug-likeness (QED) is 0.689. The van der Waals surface area contributed by atoms with Crippen molar-refractivity contribution >= 4 is 5.69 Å². The second kappa shape index (κ2) is 9.93. The smallest absolute Gasteiger partial charge is 0.134 e. The fourth-order valence-electron chi connectivity index (χ4n) is 4.57. The Kier molecular flexibility index (Phi) is 7.19. The topological polar surface area (TPSA) is 65.4 Å². The van der Waals surface area contributed by atoms with Crippen LogP contribution in [0.3, 0.4) is 0 Å². The number of hydrogen-bond acceptors (Lipinski definition) is 6. The third-order valence-corrected chi connectivity index (χ3v) is 6.46. The van der Waals surface area contributed by atoms with Crippen LogP contribution in [-0.4, -0.2) is 78.9 Å². The van der Waals surface area contributed by atoms with E-state index in [0.717, 1.165) is 5.69 Å². The van der Waals surface area contributed by atoms with E-state index in [1.54, 1.807) is 19.1 Å². The van der Waals surface area contributed by atoms with E-state index in [4.69, 9.17) is 9.47 Å². The van der Waals surface area contributed by atoms with E-state index in [-0.39, 0.29) is 24.8 Å². The monoisotopic (exact) mass is 462 g/mol. The maximum Gasteiger partial charge on any atom is 0.134 e. The zero-order valence-electron chi connectivity index (χ0n) is 19.0. The molecule has 2 saturated heterocycles. The molecule has 0 saturated carbocycles. The summed E-state index contributed by atoms with van der Waals surface area (Å²) in [6.07, 6.45) is 1.09. The molecule has 0 radical (unpaired) electrons. The molecule has 2 aliphatic rings. The van der Waals surface area contributed by atoms with E-state index in [0.29, 0.717) is 63.5 Å².